The van der Waals surface area contributed by atoms with Crippen molar-refractivity contribution in [3.63, 3.8) is 0 Å². The van der Waals surface area contributed by atoms with E-state index < -0.39 is 6.04 Å². The Morgan fingerprint density at radius 1 is 1.13 bits per heavy atom. The van der Waals surface area contributed by atoms with E-state index in [0.717, 1.165) is 16.6 Å². The summed E-state index contributed by atoms with van der Waals surface area (Å²) in [4.78, 5) is 30.1. The third-order valence-corrected chi connectivity index (χ3v) is 6.03. The summed E-state index contributed by atoms with van der Waals surface area (Å²) in [5, 5.41) is 6.21. The van der Waals surface area contributed by atoms with Gasteiger partial charge in [-0.25, -0.2) is 4.98 Å². The molecule has 156 valence electrons. The summed E-state index contributed by atoms with van der Waals surface area (Å²) in [5.74, 6) is 0.737. The maximum absolute atomic E-state index is 13.0. The monoisotopic (exact) mass is 425 g/mol. The van der Waals surface area contributed by atoms with Crippen molar-refractivity contribution in [3.8, 4) is 11.5 Å². The number of fused-ring (bicyclic) bond motifs is 2. The van der Waals surface area contributed by atoms with Gasteiger partial charge in [0.15, 0.2) is 16.6 Å². The van der Waals surface area contributed by atoms with E-state index in [2.05, 4.69) is 15.6 Å². The van der Waals surface area contributed by atoms with Gasteiger partial charge in [0, 0.05) is 17.7 Å². The van der Waals surface area contributed by atoms with E-state index in [0.29, 0.717) is 35.4 Å². The first-order valence-corrected chi connectivity index (χ1v) is 10.7. The van der Waals surface area contributed by atoms with Crippen LogP contribution in [-0.2, 0) is 4.79 Å². The van der Waals surface area contributed by atoms with Gasteiger partial charge < -0.3 is 20.1 Å². The van der Waals surface area contributed by atoms with Gasteiger partial charge in [-0.3, -0.25) is 9.59 Å². The topological polar surface area (TPSA) is 89.6 Å². The third kappa shape index (κ3) is 4.23. The largest absolute Gasteiger partial charge is 0.486 e. The molecule has 0 fully saturated rings. The van der Waals surface area contributed by atoms with Crippen LogP contribution in [0.4, 0.5) is 5.13 Å². The summed E-state index contributed by atoms with van der Waals surface area (Å²) in [6.07, 6.45) is 0.744. The SMILES string of the molecule is CC[C@H](C)[C@H](NC(=O)c1ccccc1)C(=O)Nc1nc2cc3c(cc2s1)OCCO3. The van der Waals surface area contributed by atoms with Crippen molar-refractivity contribution in [2.45, 2.75) is 26.3 Å². The highest BCUT2D eigenvalue weighted by Crippen LogP contribution is 2.37. The Bertz CT molecular complexity index is 1020. The molecule has 2 heterocycles. The number of hydrogen-bond acceptors (Lipinski definition) is 6. The number of anilines is 1. The van der Waals surface area contributed by atoms with Crippen LogP contribution in [0.15, 0.2) is 42.5 Å². The maximum atomic E-state index is 13.0. The van der Waals surface area contributed by atoms with E-state index in [4.69, 9.17) is 9.47 Å². The number of aromatic nitrogens is 1. The Balaban J connectivity index is 1.52. The lowest BCUT2D eigenvalue weighted by Crippen LogP contribution is -2.47. The van der Waals surface area contributed by atoms with E-state index in [1.54, 1.807) is 24.3 Å². The van der Waals surface area contributed by atoms with Gasteiger partial charge in [0.25, 0.3) is 5.91 Å². The fourth-order valence-corrected chi connectivity index (χ4v) is 4.10. The quantitative estimate of drug-likeness (QED) is 0.626. The minimum absolute atomic E-state index is 0.0406. The molecule has 2 amide bonds. The number of nitrogens with one attached hydrogen (secondary N) is 2. The number of benzene rings is 2. The minimum atomic E-state index is -0.672. The summed E-state index contributed by atoms with van der Waals surface area (Å²) in [6, 6.07) is 11.9. The van der Waals surface area contributed by atoms with E-state index in [1.165, 1.54) is 11.3 Å². The van der Waals surface area contributed by atoms with Crippen molar-refractivity contribution in [2.75, 3.05) is 18.5 Å². The van der Waals surface area contributed by atoms with E-state index in [9.17, 15) is 9.59 Å². The van der Waals surface area contributed by atoms with Gasteiger partial charge in [-0.1, -0.05) is 49.8 Å². The highest BCUT2D eigenvalue weighted by Gasteiger charge is 2.27. The molecule has 2 aromatic carbocycles. The maximum Gasteiger partial charge on any atom is 0.251 e. The van der Waals surface area contributed by atoms with Gasteiger partial charge in [0.2, 0.25) is 5.91 Å². The first-order valence-electron chi connectivity index (χ1n) is 9.92. The molecule has 3 aromatic rings. The summed E-state index contributed by atoms with van der Waals surface area (Å²) >= 11 is 1.36. The number of thiazole rings is 1. The number of amides is 2. The van der Waals surface area contributed by atoms with Gasteiger partial charge in [0.1, 0.15) is 19.3 Å². The predicted molar refractivity (Wildman–Crippen MR) is 116 cm³/mol. The lowest BCUT2D eigenvalue weighted by Gasteiger charge is -2.23. The number of nitrogens with zero attached hydrogens (tertiary/aromatic N) is 1. The molecule has 1 aliphatic heterocycles. The molecular formula is C22H23N3O4S. The van der Waals surface area contributed by atoms with Gasteiger partial charge >= 0.3 is 0 Å². The Labute approximate surface area is 178 Å². The molecule has 1 aromatic heterocycles. The number of hydrogen-bond donors (Lipinski definition) is 2. The van der Waals surface area contributed by atoms with Crippen LogP contribution in [-0.4, -0.2) is 36.1 Å². The molecule has 7 nitrogen and oxygen atoms in total. The van der Waals surface area contributed by atoms with Crippen molar-refractivity contribution in [2.24, 2.45) is 5.92 Å². The lowest BCUT2D eigenvalue weighted by atomic mass is 9.98. The Hall–Kier alpha value is -3.13. The molecule has 4 rings (SSSR count). The van der Waals surface area contributed by atoms with Crippen LogP contribution >= 0.6 is 11.3 Å². The lowest BCUT2D eigenvalue weighted by molar-refractivity contribution is -0.119. The fraction of sp³-hybridized carbons (Fsp3) is 0.318. The van der Waals surface area contributed by atoms with Gasteiger partial charge in [-0.15, -0.1) is 0 Å². The molecule has 0 bridgehead atoms. The summed E-state index contributed by atoms with van der Waals surface area (Å²) in [7, 11) is 0. The number of carbonyl (C=O) groups excluding carboxylic acids is 2. The molecule has 0 aliphatic carbocycles. The van der Waals surface area contributed by atoms with Crippen LogP contribution in [0.5, 0.6) is 11.5 Å². The molecule has 0 spiro atoms. The molecule has 2 N–H and O–H groups in total. The molecule has 8 heteroatoms. The van der Waals surface area contributed by atoms with Crippen molar-refractivity contribution >= 4 is 38.5 Å². The summed E-state index contributed by atoms with van der Waals surface area (Å²) in [6.45, 7) is 4.95. The van der Waals surface area contributed by atoms with Crippen LogP contribution in [0.3, 0.4) is 0 Å². The van der Waals surface area contributed by atoms with Crippen molar-refractivity contribution in [1.82, 2.24) is 10.3 Å². The normalized spacial score (nSPS) is 14.7. The van der Waals surface area contributed by atoms with Gasteiger partial charge in [-0.2, -0.15) is 0 Å². The second kappa shape index (κ2) is 8.71. The fourth-order valence-electron chi connectivity index (χ4n) is 3.22. The molecule has 1 aliphatic rings. The smallest absolute Gasteiger partial charge is 0.251 e. The summed E-state index contributed by atoms with van der Waals surface area (Å²) in [5.41, 5.74) is 1.25. The van der Waals surface area contributed by atoms with E-state index in [-0.39, 0.29) is 17.7 Å². The molecule has 0 saturated heterocycles. The van der Waals surface area contributed by atoms with Crippen molar-refractivity contribution < 1.29 is 19.1 Å². The Kier molecular flexibility index (Phi) is 5.85. The number of carbonyl (C=O) groups is 2. The zero-order valence-corrected chi connectivity index (χ0v) is 17.6. The molecule has 0 unspecified atom stereocenters. The van der Waals surface area contributed by atoms with Crippen molar-refractivity contribution in [3.05, 3.63) is 48.0 Å². The van der Waals surface area contributed by atoms with Crippen LogP contribution in [0.25, 0.3) is 10.2 Å². The second-order valence-electron chi connectivity index (χ2n) is 7.17. The van der Waals surface area contributed by atoms with E-state index in [1.807, 2.05) is 32.0 Å². The first kappa shape index (κ1) is 20.2. The Morgan fingerprint density at radius 2 is 1.83 bits per heavy atom. The molecule has 0 radical (unpaired) electrons. The zero-order chi connectivity index (χ0) is 21.1. The summed E-state index contributed by atoms with van der Waals surface area (Å²) < 4.78 is 12.1. The highest BCUT2D eigenvalue weighted by molar-refractivity contribution is 7.22. The highest BCUT2D eigenvalue weighted by atomic mass is 32.1. The molecule has 0 saturated carbocycles. The van der Waals surface area contributed by atoms with Crippen molar-refractivity contribution in [1.29, 1.82) is 0 Å². The average molecular weight is 426 g/mol. The van der Waals surface area contributed by atoms with E-state index >= 15 is 0 Å². The molecule has 30 heavy (non-hydrogen) atoms. The number of ether oxygens (including phenoxy) is 2. The van der Waals surface area contributed by atoms with Crippen LogP contribution < -0.4 is 20.1 Å². The minimum Gasteiger partial charge on any atom is -0.486 e. The van der Waals surface area contributed by atoms with Crippen LogP contribution in [0, 0.1) is 5.92 Å². The second-order valence-corrected chi connectivity index (χ2v) is 8.21. The van der Waals surface area contributed by atoms with Crippen LogP contribution in [0.2, 0.25) is 0 Å². The van der Waals surface area contributed by atoms with Crippen LogP contribution in [0.1, 0.15) is 30.6 Å². The molecule has 2 atom stereocenters. The Morgan fingerprint density at radius 3 is 2.53 bits per heavy atom. The average Bonchev–Trinajstić information content (AvgIpc) is 3.16. The predicted octanol–water partition coefficient (Wildman–Crippen LogP) is 3.85. The van der Waals surface area contributed by atoms with Gasteiger partial charge in [-0.05, 0) is 18.1 Å². The zero-order valence-electron chi connectivity index (χ0n) is 16.8. The molecular weight excluding hydrogens is 402 g/mol. The first-order chi connectivity index (χ1) is 14.5. The number of rotatable bonds is 6. The van der Waals surface area contributed by atoms with Gasteiger partial charge in [0.05, 0.1) is 10.2 Å². The standard InChI is InChI=1S/C22H23N3O4S/c1-3-13(2)19(24-20(26)14-7-5-4-6-8-14)21(27)25-22-23-15-11-16-17(12-18(15)30-22)29-10-9-28-16/h4-8,11-13,19H,3,9-10H2,1-2H3,(H,24,26)(H,23,25,27)/t13-,19-/m0/s1. The third-order valence-electron chi connectivity index (χ3n) is 5.10.